The number of aryl methyl sites for hydroxylation is 14. The zero-order chi connectivity index (χ0) is 104. The van der Waals surface area contributed by atoms with Gasteiger partial charge in [-0.3, -0.25) is 30.0 Å². The van der Waals surface area contributed by atoms with Crippen molar-refractivity contribution < 1.29 is 61.3 Å². The van der Waals surface area contributed by atoms with E-state index in [1.165, 1.54) is 54.7 Å². The van der Waals surface area contributed by atoms with Gasteiger partial charge in [0.05, 0.1) is 91.2 Å². The van der Waals surface area contributed by atoms with Crippen LogP contribution in [0, 0.1) is 96.9 Å². The number of hydrogen-bond acceptors (Lipinski definition) is 12. The van der Waals surface area contributed by atoms with Crippen molar-refractivity contribution in [3.63, 3.8) is 0 Å². The predicted molar refractivity (Wildman–Crippen MR) is 654 cm³/mol. The topological polar surface area (TPSA) is 136 Å². The molecule has 0 aliphatic rings. The Balaban J connectivity index is 0.000000870. The fourth-order valence-corrected chi connectivity index (χ4v) is 22.9. The molecule has 0 aliphatic carbocycles. The molecule has 0 aromatic heterocycles. The van der Waals surface area contributed by atoms with Crippen LogP contribution in [0.1, 0.15) is 157 Å². The van der Waals surface area contributed by atoms with E-state index in [-0.39, 0.29) is 0 Å². The monoisotopic (exact) mass is 3160 g/mol. The first-order chi connectivity index (χ1) is 63.1. The van der Waals surface area contributed by atoms with E-state index in [2.05, 4.69) is 476 Å². The molecule has 0 radical (unpaired) electrons. The Bertz CT molecular complexity index is 4630. The molecule has 0 spiro atoms. The third kappa shape index (κ3) is 56.2. The van der Waals surface area contributed by atoms with Crippen molar-refractivity contribution in [3.05, 3.63) is 221 Å². The molecule has 0 unspecified atom stereocenters. The van der Waals surface area contributed by atoms with Gasteiger partial charge < -0.3 is 17.7 Å². The molecule has 0 N–H and O–H groups in total. The fourth-order valence-electron chi connectivity index (χ4n) is 13.3. The third-order valence-corrected chi connectivity index (χ3v) is 28.2. The van der Waals surface area contributed by atoms with Crippen LogP contribution in [0.2, 0.25) is 88.6 Å². The number of halogens is 18. The average molecular weight is 3180 g/mol. The van der Waals surface area contributed by atoms with Gasteiger partial charge in [0, 0.05) is 72.3 Å². The molecular weight excluding hydrogens is 3050 g/mol. The van der Waals surface area contributed by atoms with Crippen molar-refractivity contribution in [3.8, 4) is 0 Å². The first-order valence-corrected chi connectivity index (χ1v) is 83.3. The third-order valence-electron chi connectivity index (χ3n) is 19.2. The van der Waals surface area contributed by atoms with E-state index in [0.717, 1.165) is 282 Å². The van der Waals surface area contributed by atoms with Gasteiger partial charge in [-0.2, -0.15) is 0 Å². The number of aliphatic imine (C=N–C) groups is 8. The van der Waals surface area contributed by atoms with E-state index in [0.29, 0.717) is 0 Å². The van der Waals surface area contributed by atoms with E-state index in [1.54, 1.807) is 0 Å². The Kier molecular flexibility index (Phi) is 70.3. The summed E-state index contributed by atoms with van der Waals surface area (Å²) in [6, 6.07) is 33.0. The van der Waals surface area contributed by atoms with Crippen LogP contribution in [-0.4, -0.2) is 105 Å². The Morgan fingerprint density at radius 2 is 0.382 bits per heavy atom. The van der Waals surface area contributed by atoms with Crippen LogP contribution < -0.4 is 0 Å². The summed E-state index contributed by atoms with van der Waals surface area (Å²) in [6.45, 7) is 66.9. The van der Waals surface area contributed by atoms with Gasteiger partial charge >= 0.3 is 157 Å². The molecule has 0 heterocycles. The standard InChI is InChI=1S/2C25H34Br2N2OSi.C25H34Cl2N2OSi.C23H28Br4N2OSi.8BrH.4Ni/c3*1-16-12-21(26)13-17(2)24(16)28-20(5)23(10-9-11-30-31(6,7)8)29-25-18(3)14-22(27)15-19(25)4;1-14-10-17(24)22(18(25)11-14)28-16(3)21(8-7-9-30-31(4,5)6)29-23-19(26)12-15(2)13-20(23)27;;;;;;;;;;;;/h3*12-15H,9-11H2,1-8H3;10-13H,7-9H2,1-6H3;8*1H;;;;/q;;;;;;;;;;;;4*+2/p-8. The normalized spacial score (nSPS) is 12.6. The van der Waals surface area contributed by atoms with Gasteiger partial charge in [-0.1, -0.05) is 86.9 Å². The quantitative estimate of drug-likeness (QED) is 0.0236. The second-order valence-electron chi connectivity index (χ2n) is 35.9. The minimum atomic E-state index is -1.53. The van der Waals surface area contributed by atoms with E-state index >= 15 is 0 Å². The fraction of sp³-hybridized carbons (Fsp3) is 0.429. The molecule has 136 heavy (non-hydrogen) atoms. The number of nitrogens with zero attached hydrogens (tertiary/aromatic N) is 8. The van der Waals surface area contributed by atoms with Crippen LogP contribution in [0.25, 0.3) is 0 Å². The zero-order valence-electron chi connectivity index (χ0n) is 83.0. The number of benzene rings is 8. The van der Waals surface area contributed by atoms with Gasteiger partial charge in [-0.05, 0) is 493 Å². The molecule has 12 nitrogen and oxygen atoms in total. The summed E-state index contributed by atoms with van der Waals surface area (Å²) < 4.78 is 32.4. The number of hydrogen-bond donors (Lipinski definition) is 0. The molecular formula is C98H130Br16Cl2N8Ni4O4Si4. The van der Waals surface area contributed by atoms with Crippen molar-refractivity contribution in [1.82, 2.24) is 0 Å². The molecule has 0 atom stereocenters. The summed E-state index contributed by atoms with van der Waals surface area (Å²) in [4.78, 5) is 40.3. The first kappa shape index (κ1) is 136. The second-order valence-corrected chi connectivity index (χ2v) is 81.9. The molecule has 8 aromatic carbocycles. The molecule has 0 amide bonds. The van der Waals surface area contributed by atoms with Crippen LogP contribution in [0.5, 0.6) is 0 Å². The Labute approximate surface area is 977 Å². The summed E-state index contributed by atoms with van der Waals surface area (Å²) in [5.74, 6) is 0. The van der Waals surface area contributed by atoms with E-state index in [9.17, 15) is 0 Å². The summed E-state index contributed by atoms with van der Waals surface area (Å²) in [5, 5.41) is 1.47. The van der Waals surface area contributed by atoms with Crippen molar-refractivity contribution in [1.29, 1.82) is 0 Å². The molecule has 8 aromatic rings. The van der Waals surface area contributed by atoms with Crippen LogP contribution >= 0.6 is 264 Å². The Hall–Kier alpha value is 2.06. The second kappa shape index (κ2) is 70.2. The van der Waals surface area contributed by atoms with Gasteiger partial charge in [0.1, 0.15) is 0 Å². The molecule has 0 saturated heterocycles. The first-order valence-electron chi connectivity index (χ1n) is 43.0. The molecule has 0 fully saturated rings. The SMILES string of the molecule is CC(=Nc1c(Br)cc(C)cc1Br)C(CCCO[Si](C)(C)C)=Nc1c(Br)cc(C)cc1Br.CC(=Nc1c(C)cc(Br)cc1C)C(CCCO[Si](C)(C)C)=Nc1c(C)cc(Br)cc1C.CC(=Nc1c(C)cc(Br)cc1C)C(CCCO[Si](C)(C)C)=Nc1c(C)cc(Br)cc1C.CC(=Nc1c(C)cc(Cl)cc1C)C(CCCO[Si](C)(C)C)=Nc1c(C)cc(Cl)cc1C.[Br][Ni][Br].[Br][Ni][Br].[Br][Ni][Br].[Br][Ni][Br]. The Morgan fingerprint density at radius 3 is 0.551 bits per heavy atom. The molecule has 0 saturated carbocycles. The minimum absolute atomic E-state index is 0.732. The van der Waals surface area contributed by atoms with E-state index < -0.39 is 33.3 Å². The van der Waals surface area contributed by atoms with E-state index in [1.807, 2.05) is 65.8 Å². The summed E-state index contributed by atoms with van der Waals surface area (Å²) in [5.41, 5.74) is 31.3. The zero-order valence-corrected chi connectivity index (χ0v) is 118. The van der Waals surface area contributed by atoms with Crippen LogP contribution in [0.15, 0.2) is 173 Å². The average Bonchev–Trinajstić information content (AvgIpc) is 0.828. The van der Waals surface area contributed by atoms with Gasteiger partial charge in [0.15, 0.2) is 33.3 Å². The van der Waals surface area contributed by atoms with Crippen molar-refractivity contribution in [2.45, 2.75) is 255 Å². The van der Waals surface area contributed by atoms with Crippen molar-refractivity contribution >= 4 is 389 Å². The maximum absolute atomic E-state index is 6.23. The summed E-state index contributed by atoms with van der Waals surface area (Å²) in [7, 11) is -1.10. The van der Waals surface area contributed by atoms with E-state index in [4.69, 9.17) is 80.8 Å². The predicted octanol–water partition coefficient (Wildman–Crippen LogP) is 43.2. The van der Waals surface area contributed by atoms with Gasteiger partial charge in [-0.25, -0.2) is 9.98 Å². The summed E-state index contributed by atoms with van der Waals surface area (Å²) in [6.07, 6.45) is 6.92. The van der Waals surface area contributed by atoms with Gasteiger partial charge in [0.25, 0.3) is 0 Å². The molecule has 768 valence electrons. The number of rotatable bonds is 32. The maximum atomic E-state index is 6.23. The summed E-state index contributed by atoms with van der Waals surface area (Å²) >= 11 is 65.4. The molecule has 0 bridgehead atoms. The molecule has 8 rings (SSSR count). The van der Waals surface area contributed by atoms with Gasteiger partial charge in [-0.15, -0.1) is 0 Å². The molecule has 38 heteroatoms. The van der Waals surface area contributed by atoms with Crippen molar-refractivity contribution in [2.75, 3.05) is 26.4 Å². The van der Waals surface area contributed by atoms with Crippen molar-refractivity contribution in [2.24, 2.45) is 39.9 Å². The molecule has 0 aliphatic heterocycles. The Morgan fingerprint density at radius 1 is 0.243 bits per heavy atom. The van der Waals surface area contributed by atoms with Gasteiger partial charge in [0.2, 0.25) is 0 Å². The van der Waals surface area contributed by atoms with Crippen LogP contribution in [0.4, 0.5) is 45.5 Å². The van der Waals surface area contributed by atoms with Crippen LogP contribution in [0.3, 0.4) is 0 Å². The van der Waals surface area contributed by atoms with Crippen LogP contribution in [-0.2, 0) is 61.3 Å².